The van der Waals surface area contributed by atoms with Gasteiger partial charge in [-0.2, -0.15) is 0 Å². The van der Waals surface area contributed by atoms with Crippen LogP contribution in [0.3, 0.4) is 0 Å². The van der Waals surface area contributed by atoms with Gasteiger partial charge in [-0.05, 0) is 30.5 Å². The minimum atomic E-state index is -0.363. The quantitative estimate of drug-likeness (QED) is 0.836. The monoisotopic (exact) mass is 387 g/mol. The van der Waals surface area contributed by atoms with Gasteiger partial charge in [0.1, 0.15) is 11.9 Å². The van der Waals surface area contributed by atoms with Crippen LogP contribution in [0.25, 0.3) is 0 Å². The smallest absolute Gasteiger partial charge is 0.253 e. The van der Waals surface area contributed by atoms with Crippen molar-refractivity contribution in [3.63, 3.8) is 0 Å². The van der Waals surface area contributed by atoms with Gasteiger partial charge < -0.3 is 24.6 Å². The van der Waals surface area contributed by atoms with Crippen LogP contribution in [0, 0.1) is 5.41 Å². The van der Waals surface area contributed by atoms with Gasteiger partial charge in [0.15, 0.2) is 0 Å². The second kappa shape index (κ2) is 8.09. The van der Waals surface area contributed by atoms with Crippen molar-refractivity contribution >= 4 is 11.8 Å². The summed E-state index contributed by atoms with van der Waals surface area (Å²) in [6.45, 7) is 4.78. The molecule has 2 amide bonds. The highest BCUT2D eigenvalue weighted by Crippen LogP contribution is 2.41. The van der Waals surface area contributed by atoms with Crippen LogP contribution in [-0.4, -0.2) is 74.2 Å². The molecule has 1 spiro atoms. The molecule has 3 aliphatic heterocycles. The first-order valence-corrected chi connectivity index (χ1v) is 10.1. The Morgan fingerprint density at radius 1 is 1.36 bits per heavy atom. The van der Waals surface area contributed by atoms with Crippen molar-refractivity contribution < 1.29 is 19.1 Å². The lowest BCUT2D eigenvalue weighted by Crippen LogP contribution is -2.52. The Morgan fingerprint density at radius 2 is 2.18 bits per heavy atom. The van der Waals surface area contributed by atoms with Crippen LogP contribution in [0.15, 0.2) is 24.3 Å². The molecule has 4 rings (SSSR count). The van der Waals surface area contributed by atoms with Crippen molar-refractivity contribution in [3.05, 3.63) is 29.8 Å². The number of carbonyl (C=O) groups excluding carboxylic acids is 2. The molecule has 7 heteroatoms. The number of nitrogens with one attached hydrogen (secondary N) is 1. The first-order valence-electron chi connectivity index (χ1n) is 10.1. The topological polar surface area (TPSA) is 71.1 Å². The minimum absolute atomic E-state index is 0.00159. The largest absolute Gasteiger partial charge is 0.497 e. The van der Waals surface area contributed by atoms with E-state index >= 15 is 0 Å². The maximum absolute atomic E-state index is 12.7. The van der Waals surface area contributed by atoms with Gasteiger partial charge in [-0.15, -0.1) is 0 Å². The molecule has 1 aromatic carbocycles. The highest BCUT2D eigenvalue weighted by atomic mass is 16.5. The lowest BCUT2D eigenvalue weighted by Gasteiger charge is -2.40. The maximum Gasteiger partial charge on any atom is 0.253 e. The van der Waals surface area contributed by atoms with Gasteiger partial charge in [0.25, 0.3) is 5.91 Å². The van der Waals surface area contributed by atoms with E-state index in [4.69, 9.17) is 9.47 Å². The number of methoxy groups -OCH3 is 1. The number of morpholine rings is 1. The molecular formula is C21H29N3O4. The molecule has 0 bridgehead atoms. The van der Waals surface area contributed by atoms with Gasteiger partial charge in [0.05, 0.1) is 13.7 Å². The van der Waals surface area contributed by atoms with Crippen molar-refractivity contribution in [2.24, 2.45) is 5.41 Å². The number of amides is 2. The zero-order valence-corrected chi connectivity index (χ0v) is 16.5. The fourth-order valence-electron chi connectivity index (χ4n) is 4.58. The minimum Gasteiger partial charge on any atom is -0.497 e. The number of carbonyl (C=O) groups is 2. The molecule has 0 aromatic heterocycles. The Bertz CT molecular complexity index is 724. The van der Waals surface area contributed by atoms with E-state index in [0.717, 1.165) is 37.2 Å². The fraction of sp³-hybridized carbons (Fsp3) is 0.619. The van der Waals surface area contributed by atoms with Gasteiger partial charge in [0.2, 0.25) is 5.91 Å². The summed E-state index contributed by atoms with van der Waals surface area (Å²) in [6.07, 6.45) is 1.97. The molecule has 1 atom stereocenters. The van der Waals surface area contributed by atoms with E-state index in [1.807, 2.05) is 34.1 Å². The highest BCUT2D eigenvalue weighted by molar-refractivity contribution is 5.82. The van der Waals surface area contributed by atoms with Gasteiger partial charge in [0, 0.05) is 51.1 Å². The summed E-state index contributed by atoms with van der Waals surface area (Å²) in [4.78, 5) is 29.2. The van der Waals surface area contributed by atoms with Gasteiger partial charge in [-0.25, -0.2) is 0 Å². The number of piperidine rings is 1. The molecule has 3 fully saturated rings. The molecule has 0 radical (unpaired) electrons. The van der Waals surface area contributed by atoms with Crippen LogP contribution >= 0.6 is 0 Å². The second-order valence-corrected chi connectivity index (χ2v) is 8.17. The molecule has 152 valence electrons. The SMILES string of the molecule is COc1cccc(CN2CC3(CCN(C(=O)[C@@H]4CNCCO4)CC3)CC2=O)c1. The van der Waals surface area contributed by atoms with E-state index in [9.17, 15) is 9.59 Å². The lowest BCUT2D eigenvalue weighted by molar-refractivity contribution is -0.147. The Balaban J connectivity index is 1.34. The number of nitrogens with zero attached hydrogens (tertiary/aromatic N) is 2. The predicted molar refractivity (Wildman–Crippen MR) is 104 cm³/mol. The molecule has 0 unspecified atom stereocenters. The van der Waals surface area contributed by atoms with Crippen LogP contribution in [-0.2, 0) is 20.9 Å². The molecule has 1 N–H and O–H groups in total. The molecule has 3 heterocycles. The number of ether oxygens (including phenoxy) is 2. The summed E-state index contributed by atoms with van der Waals surface area (Å²) in [7, 11) is 1.65. The third-order valence-corrected chi connectivity index (χ3v) is 6.25. The number of benzene rings is 1. The van der Waals surface area contributed by atoms with Crippen LogP contribution in [0.2, 0.25) is 0 Å². The van der Waals surface area contributed by atoms with Crippen molar-refractivity contribution in [2.45, 2.75) is 31.9 Å². The van der Waals surface area contributed by atoms with Gasteiger partial charge in [-0.1, -0.05) is 12.1 Å². The van der Waals surface area contributed by atoms with Crippen molar-refractivity contribution in [1.82, 2.24) is 15.1 Å². The van der Waals surface area contributed by atoms with Gasteiger partial charge in [-0.3, -0.25) is 9.59 Å². The molecule has 0 aliphatic carbocycles. The van der Waals surface area contributed by atoms with E-state index < -0.39 is 0 Å². The number of rotatable bonds is 4. The van der Waals surface area contributed by atoms with Crippen LogP contribution < -0.4 is 10.1 Å². The zero-order valence-electron chi connectivity index (χ0n) is 16.5. The molecule has 0 saturated carbocycles. The molecule has 3 aliphatic rings. The summed E-state index contributed by atoms with van der Waals surface area (Å²) in [5.41, 5.74) is 1.08. The Kier molecular flexibility index (Phi) is 5.55. The average Bonchev–Trinajstić information content (AvgIpc) is 3.03. The summed E-state index contributed by atoms with van der Waals surface area (Å²) < 4.78 is 10.9. The first kappa shape index (κ1) is 19.2. The van der Waals surface area contributed by atoms with E-state index in [0.29, 0.717) is 39.2 Å². The van der Waals surface area contributed by atoms with E-state index in [2.05, 4.69) is 5.32 Å². The second-order valence-electron chi connectivity index (χ2n) is 8.17. The third kappa shape index (κ3) is 4.00. The molecule has 1 aromatic rings. The first-order chi connectivity index (χ1) is 13.6. The van der Waals surface area contributed by atoms with Crippen LogP contribution in [0.4, 0.5) is 0 Å². The van der Waals surface area contributed by atoms with Crippen LogP contribution in [0.5, 0.6) is 5.75 Å². The van der Waals surface area contributed by atoms with E-state index in [-0.39, 0.29) is 23.3 Å². The summed E-state index contributed by atoms with van der Waals surface area (Å²) in [5, 5.41) is 3.21. The Labute approximate surface area is 166 Å². The van der Waals surface area contributed by atoms with Crippen molar-refractivity contribution in [2.75, 3.05) is 46.4 Å². The van der Waals surface area contributed by atoms with E-state index in [1.54, 1.807) is 7.11 Å². The predicted octanol–water partition coefficient (Wildman–Crippen LogP) is 1.02. The zero-order chi connectivity index (χ0) is 19.6. The number of likely N-dealkylation sites (tertiary alicyclic amines) is 2. The number of hydrogen-bond acceptors (Lipinski definition) is 5. The van der Waals surface area contributed by atoms with Crippen molar-refractivity contribution in [3.8, 4) is 5.75 Å². The molecule has 3 saturated heterocycles. The Morgan fingerprint density at radius 3 is 2.89 bits per heavy atom. The number of hydrogen-bond donors (Lipinski definition) is 1. The van der Waals surface area contributed by atoms with Gasteiger partial charge >= 0.3 is 0 Å². The highest BCUT2D eigenvalue weighted by Gasteiger charge is 2.45. The molecule has 28 heavy (non-hydrogen) atoms. The Hall–Kier alpha value is -2.12. The maximum atomic E-state index is 12.7. The summed E-state index contributed by atoms with van der Waals surface area (Å²) in [6, 6.07) is 7.88. The van der Waals surface area contributed by atoms with E-state index in [1.165, 1.54) is 0 Å². The standard InChI is InChI=1S/C21H29N3O4/c1-27-17-4-2-3-16(11-17)14-24-15-21(12-19(24)25)5-8-23(9-6-21)20(26)18-13-22-7-10-28-18/h2-4,11,18,22H,5-10,12-15H2,1H3/t18-/m0/s1. The van der Waals surface area contributed by atoms with Crippen LogP contribution in [0.1, 0.15) is 24.8 Å². The molecule has 7 nitrogen and oxygen atoms in total. The van der Waals surface area contributed by atoms with Crippen molar-refractivity contribution in [1.29, 1.82) is 0 Å². The third-order valence-electron chi connectivity index (χ3n) is 6.25. The molecular weight excluding hydrogens is 358 g/mol. The normalized spacial score (nSPS) is 24.6. The summed E-state index contributed by atoms with van der Waals surface area (Å²) >= 11 is 0. The summed E-state index contributed by atoms with van der Waals surface area (Å²) in [5.74, 6) is 1.10. The fourth-order valence-corrected chi connectivity index (χ4v) is 4.58. The lowest BCUT2D eigenvalue weighted by atomic mass is 9.77. The average molecular weight is 387 g/mol.